The smallest absolute Gasteiger partial charge is 0.328 e. The second-order valence-corrected chi connectivity index (χ2v) is 33.2. The molecule has 6 N–H and O–H groups in total. The molecule has 6 aliphatic rings. The number of urea groups is 1. The van der Waals surface area contributed by atoms with Crippen molar-refractivity contribution >= 4 is 138 Å². The van der Waals surface area contributed by atoms with Gasteiger partial charge in [0.1, 0.15) is 87.5 Å². The van der Waals surface area contributed by atoms with Crippen molar-refractivity contribution in [2.24, 2.45) is 11.8 Å². The number of methoxy groups -OCH3 is 4. The number of halogens is 4. The molecular formula is C99H105Cl2F2N17O14. The van der Waals surface area contributed by atoms with Gasteiger partial charge in [-0.05, 0) is 153 Å². The quantitative estimate of drug-likeness (QED) is 0.0176. The number of amides is 6. The molecule has 6 fully saturated rings. The SMILES string of the molecule is C.C.COC(OC)C1CCN(c2ccc(Nc3ncnc4[nH]cc(C(=O)c5ccc(Oc6ccccc6)cc5Cl)c34)cc2F)CC1.COc1ccc(C(=O)N2CCN(CC3CCN(c4ccc(Nc5ncnc6[nH]cc(C(=O)c7ccc(Oc8ccccc8)cc7Cl)c56)cc4F)CC3)CC2)cc1N1CCC(=O)NC1=O.COc1ccc(C(=O)N2CCNCC2)cc1N1CCC(=O)CC1=O. The largest absolute Gasteiger partial charge is 0.495 e. The van der Waals surface area contributed by atoms with E-state index >= 15 is 8.78 Å². The van der Waals surface area contributed by atoms with Gasteiger partial charge in [0.25, 0.3) is 11.8 Å². The molecule has 6 amide bonds. The number of Topliss-reactive ketones (excluding diaryl/α,β-unsaturated/α-hetero) is 1. The number of ether oxygens (including phenoxy) is 6. The lowest BCUT2D eigenvalue weighted by Crippen LogP contribution is -2.51. The van der Waals surface area contributed by atoms with Crippen molar-refractivity contribution in [1.29, 1.82) is 0 Å². The number of hydrogen-bond acceptors (Lipinski definition) is 24. The lowest BCUT2D eigenvalue weighted by Gasteiger charge is -2.39. The lowest BCUT2D eigenvalue weighted by molar-refractivity contribution is -0.141. The molecule has 6 aliphatic heterocycles. The summed E-state index contributed by atoms with van der Waals surface area (Å²) in [6.45, 7) is 9.71. The first-order chi connectivity index (χ1) is 64.2. The lowest BCUT2D eigenvalue weighted by atomic mass is 9.95. The fourth-order valence-electron chi connectivity index (χ4n) is 17.3. The molecule has 0 atom stereocenters. The summed E-state index contributed by atoms with van der Waals surface area (Å²) in [4.78, 5) is 138. The van der Waals surface area contributed by atoms with Gasteiger partial charge in [-0.3, -0.25) is 48.7 Å². The van der Waals surface area contributed by atoms with Crippen LogP contribution in [-0.2, 0) is 23.9 Å². The Hall–Kier alpha value is -14.0. The Morgan fingerprint density at radius 1 is 0.485 bits per heavy atom. The van der Waals surface area contributed by atoms with Crippen molar-refractivity contribution in [2.75, 3.05) is 157 Å². The maximum Gasteiger partial charge on any atom is 0.328 e. The van der Waals surface area contributed by atoms with E-state index in [9.17, 15) is 38.4 Å². The Bertz CT molecular complexity index is 6260. The first-order valence-electron chi connectivity index (χ1n) is 43.4. The monoisotopic (exact) mass is 1860 g/mol. The van der Waals surface area contributed by atoms with Gasteiger partial charge in [-0.1, -0.05) is 74.5 Å². The van der Waals surface area contributed by atoms with E-state index in [4.69, 9.17) is 51.6 Å². The average Bonchev–Trinajstić information content (AvgIpc) is 1.61. The van der Waals surface area contributed by atoms with Crippen molar-refractivity contribution in [1.82, 2.24) is 55.2 Å². The minimum Gasteiger partial charge on any atom is -0.495 e. The minimum atomic E-state index is -0.542. The van der Waals surface area contributed by atoms with Crippen LogP contribution in [0.4, 0.5) is 59.3 Å². The van der Waals surface area contributed by atoms with Crippen molar-refractivity contribution in [2.45, 2.75) is 66.1 Å². The molecule has 31 nitrogen and oxygen atoms in total. The van der Waals surface area contributed by atoms with Gasteiger partial charge in [0, 0.05) is 189 Å². The molecule has 6 saturated heterocycles. The molecule has 10 heterocycles. The van der Waals surface area contributed by atoms with Crippen LogP contribution in [0.25, 0.3) is 22.1 Å². The number of hydrogen-bond donors (Lipinski definition) is 6. The standard InChI is InChI=1S/C47H45ClFN9O6.C33H31ClFN5O4.C17H21N3O4.2CH4/c1-63-40-12-7-30(23-39(40)58-18-15-41(59)54-47(58)62)46(61)57-21-19-55(20-22-57)27-29-13-16-56(17-14-29)38-11-8-31(24-37(38)49)53-45-42-35(26-50-44(42)51-28-52-45)43(60)34-10-9-33(25-36(34)48)64-32-5-3-2-4-6-32;1-42-33(43-2)20-12-14-40(15-13-20)28-11-8-21(16-27(28)35)39-32-29-25(18-36-31(29)37-19-38-32)30(41)24-10-9-23(17-26(24)34)44-22-6-4-3-5-7-22;1-24-15-3-2-12(17(23)19-8-5-18-6-9-19)10-14(15)20-7-4-13(21)11-16(20)22;;/h2-12,23-26,28-29H,13-22,27H2,1H3,(H,54,59,62)(H2,50,51,52,53);3-11,16-20,33H,12-15H2,1-2H3,(H2,36,37,38,39);2-3,10,18H,4-9,11H2,1H3;2*1H4. The summed E-state index contributed by atoms with van der Waals surface area (Å²) in [5.74, 6) is 2.44. The van der Waals surface area contributed by atoms with Crippen molar-refractivity contribution in [3.63, 3.8) is 0 Å². The van der Waals surface area contributed by atoms with E-state index in [1.807, 2.05) is 70.5 Å². The minimum absolute atomic E-state index is 0. The van der Waals surface area contributed by atoms with Gasteiger partial charge in [0.2, 0.25) is 11.8 Å². The number of anilines is 8. The number of fused-ring (bicyclic) bond motifs is 2. The Morgan fingerprint density at radius 3 is 1.41 bits per heavy atom. The Balaban J connectivity index is 0.000000177. The zero-order valence-electron chi connectivity index (χ0n) is 72.9. The predicted molar refractivity (Wildman–Crippen MR) is 510 cm³/mol. The van der Waals surface area contributed by atoms with Crippen LogP contribution in [0, 0.1) is 23.5 Å². The number of ketones is 3. The number of benzene rings is 8. The van der Waals surface area contributed by atoms with Crippen LogP contribution < -0.4 is 59.8 Å². The van der Waals surface area contributed by atoms with E-state index in [1.54, 1.807) is 129 Å². The van der Waals surface area contributed by atoms with Gasteiger partial charge in [0.15, 0.2) is 17.9 Å². The number of carbonyl (C=O) groups excluding carboxylic acids is 8. The van der Waals surface area contributed by atoms with Crippen LogP contribution >= 0.6 is 23.2 Å². The molecule has 0 saturated carbocycles. The van der Waals surface area contributed by atoms with Crippen molar-refractivity contribution in [3.05, 3.63) is 250 Å². The molecule has 0 unspecified atom stereocenters. The van der Waals surface area contributed by atoms with Crippen LogP contribution in [0.1, 0.15) is 112 Å². The van der Waals surface area contributed by atoms with E-state index in [1.165, 1.54) is 48.8 Å². The first-order valence-corrected chi connectivity index (χ1v) is 44.2. The Labute approximate surface area is 783 Å². The highest BCUT2D eigenvalue weighted by atomic mass is 35.5. The number of piperazine rings is 2. The predicted octanol–water partition coefficient (Wildman–Crippen LogP) is 16.7. The van der Waals surface area contributed by atoms with Gasteiger partial charge in [-0.2, -0.15) is 0 Å². The first kappa shape index (κ1) is 96.1. The summed E-state index contributed by atoms with van der Waals surface area (Å²) in [6, 6.07) is 48.0. The molecule has 0 aliphatic carbocycles. The van der Waals surface area contributed by atoms with Crippen LogP contribution in [-0.4, -0.2) is 225 Å². The molecule has 0 radical (unpaired) electrons. The molecule has 134 heavy (non-hydrogen) atoms. The summed E-state index contributed by atoms with van der Waals surface area (Å²) in [5, 5.41) is 13.3. The molecule has 35 heteroatoms. The zero-order valence-corrected chi connectivity index (χ0v) is 74.4. The number of rotatable bonds is 25. The van der Waals surface area contributed by atoms with E-state index < -0.39 is 6.03 Å². The number of nitrogens with one attached hydrogen (secondary N) is 6. The number of piperidine rings is 3. The third kappa shape index (κ3) is 22.2. The van der Waals surface area contributed by atoms with Crippen LogP contribution in [0.15, 0.2) is 195 Å². The maximum atomic E-state index is 15.8. The second-order valence-electron chi connectivity index (χ2n) is 32.4. The third-order valence-corrected chi connectivity index (χ3v) is 24.8. The van der Waals surface area contributed by atoms with E-state index in [-0.39, 0.29) is 115 Å². The maximum absolute atomic E-state index is 15.8. The fraction of sp³-hybridized carbons (Fsp3) is 0.313. The summed E-state index contributed by atoms with van der Waals surface area (Å²) in [6.07, 6.45) is 9.49. The van der Waals surface area contributed by atoms with Crippen LogP contribution in [0.3, 0.4) is 0 Å². The summed E-state index contributed by atoms with van der Waals surface area (Å²) < 4.78 is 64.6. The number of carbonyl (C=O) groups is 8. The highest BCUT2D eigenvalue weighted by Gasteiger charge is 2.35. The summed E-state index contributed by atoms with van der Waals surface area (Å²) in [7, 11) is 6.30. The van der Waals surface area contributed by atoms with E-state index in [0.717, 1.165) is 58.4 Å². The van der Waals surface area contributed by atoms with Crippen LogP contribution in [0.2, 0.25) is 10.0 Å². The fourth-order valence-corrected chi connectivity index (χ4v) is 17.8. The second kappa shape index (κ2) is 44.1. The van der Waals surface area contributed by atoms with E-state index in [2.05, 4.69) is 61.0 Å². The van der Waals surface area contributed by atoms with E-state index in [0.29, 0.717) is 201 Å². The molecule has 18 rings (SSSR count). The number of H-pyrrole nitrogens is 2. The van der Waals surface area contributed by atoms with Crippen LogP contribution in [0.5, 0.6) is 34.5 Å². The number of imide groups is 1. The van der Waals surface area contributed by atoms with Gasteiger partial charge < -0.3 is 78.8 Å². The zero-order chi connectivity index (χ0) is 92.1. The van der Waals surface area contributed by atoms with Crippen molar-refractivity contribution in [3.8, 4) is 34.5 Å². The highest BCUT2D eigenvalue weighted by molar-refractivity contribution is 6.36. The normalized spacial score (nSPS) is 15.6. The molecule has 698 valence electrons. The number of aromatic amines is 2. The van der Waals surface area contributed by atoms with Crippen molar-refractivity contribution < 1.29 is 75.6 Å². The number of nitrogens with zero attached hydrogens (tertiary/aromatic N) is 11. The Morgan fingerprint density at radius 2 is 0.955 bits per heavy atom. The van der Waals surface area contributed by atoms with Gasteiger partial charge >= 0.3 is 6.03 Å². The molecular weight excluding hydrogens is 1760 g/mol. The van der Waals surface area contributed by atoms with Gasteiger partial charge in [0.05, 0.1) is 75.3 Å². The average molecular weight is 1870 g/mol. The van der Waals surface area contributed by atoms with Gasteiger partial charge in [-0.15, -0.1) is 0 Å². The summed E-state index contributed by atoms with van der Waals surface area (Å²) >= 11 is 13.2. The molecule has 12 aromatic rings. The summed E-state index contributed by atoms with van der Waals surface area (Å²) in [5.41, 5.74) is 6.07. The molecule has 0 spiro atoms. The van der Waals surface area contributed by atoms with Gasteiger partial charge in [-0.25, -0.2) is 33.5 Å². The topological polar surface area (TPSA) is 346 Å². The Kier molecular flexibility index (Phi) is 31.6. The molecule has 4 aromatic heterocycles. The molecule has 8 aromatic carbocycles. The number of aromatic nitrogens is 6. The highest BCUT2D eigenvalue weighted by Crippen LogP contribution is 2.40. The number of para-hydroxylation sites is 2. The third-order valence-electron chi connectivity index (χ3n) is 24.2. The molecule has 0 bridgehead atoms.